The summed E-state index contributed by atoms with van der Waals surface area (Å²) in [7, 11) is 0. The first kappa shape index (κ1) is 25.0. The van der Waals surface area contributed by atoms with Crippen LogP contribution in [0.5, 0.6) is 0 Å². The van der Waals surface area contributed by atoms with E-state index in [9.17, 15) is 19.2 Å². The van der Waals surface area contributed by atoms with Crippen molar-refractivity contribution < 1.29 is 23.9 Å². The molecular formula is C24H26N4O5S. The number of hydrogen-bond donors (Lipinski definition) is 3. The molecule has 1 unspecified atom stereocenters. The van der Waals surface area contributed by atoms with E-state index in [2.05, 4.69) is 29.6 Å². The average Bonchev–Trinajstić information content (AvgIpc) is 2.82. The zero-order valence-electron chi connectivity index (χ0n) is 18.7. The fourth-order valence-electron chi connectivity index (χ4n) is 3.08. The molecule has 2 aromatic carbocycles. The summed E-state index contributed by atoms with van der Waals surface area (Å²) in [5.41, 5.74) is 4.97. The van der Waals surface area contributed by atoms with Gasteiger partial charge in [0.05, 0.1) is 18.7 Å². The molecule has 0 aliphatic carbocycles. The monoisotopic (exact) mass is 482 g/mol. The van der Waals surface area contributed by atoms with Crippen molar-refractivity contribution in [3.8, 4) is 0 Å². The highest BCUT2D eigenvalue weighted by molar-refractivity contribution is 7.99. The van der Waals surface area contributed by atoms with E-state index >= 15 is 0 Å². The topological polar surface area (TPSA) is 126 Å². The van der Waals surface area contributed by atoms with Crippen LogP contribution in [-0.4, -0.2) is 47.6 Å². The maximum Gasteiger partial charge on any atom is 0.328 e. The van der Waals surface area contributed by atoms with Gasteiger partial charge in [0.15, 0.2) is 0 Å². The van der Waals surface area contributed by atoms with Crippen LogP contribution in [0, 0.1) is 0 Å². The van der Waals surface area contributed by atoms with Gasteiger partial charge in [0.1, 0.15) is 0 Å². The number of hydrazone groups is 1. The molecule has 1 fully saturated rings. The number of esters is 1. The third kappa shape index (κ3) is 7.73. The Morgan fingerprint density at radius 1 is 1.03 bits per heavy atom. The third-order valence-corrected chi connectivity index (χ3v) is 6.20. The Morgan fingerprint density at radius 3 is 2.38 bits per heavy atom. The van der Waals surface area contributed by atoms with Gasteiger partial charge in [-0.25, -0.2) is 4.79 Å². The quantitative estimate of drug-likeness (QED) is 0.255. The van der Waals surface area contributed by atoms with E-state index in [4.69, 9.17) is 4.74 Å². The molecule has 3 rings (SSSR count). The molecule has 178 valence electrons. The number of amides is 4. The molecule has 0 aromatic heterocycles. The van der Waals surface area contributed by atoms with Gasteiger partial charge in [0, 0.05) is 12.2 Å². The number of carbonyl (C=O) groups excluding carboxylic acids is 4. The second-order valence-corrected chi connectivity index (χ2v) is 8.76. The minimum atomic E-state index is -0.879. The van der Waals surface area contributed by atoms with Crippen molar-refractivity contribution in [1.82, 2.24) is 10.6 Å². The molecule has 1 heterocycles. The van der Waals surface area contributed by atoms with Crippen molar-refractivity contribution in [3.63, 3.8) is 0 Å². The molecule has 1 aliphatic rings. The normalized spacial score (nSPS) is 14.1. The van der Waals surface area contributed by atoms with Crippen LogP contribution in [0.3, 0.4) is 0 Å². The van der Waals surface area contributed by atoms with Crippen molar-refractivity contribution in [2.75, 3.05) is 23.5 Å². The van der Waals surface area contributed by atoms with Gasteiger partial charge in [-0.3, -0.25) is 30.4 Å². The summed E-state index contributed by atoms with van der Waals surface area (Å²) in [5, 5.41) is 7.63. The molecule has 4 amide bonds. The van der Waals surface area contributed by atoms with Gasteiger partial charge in [0.2, 0.25) is 5.71 Å². The second kappa shape index (κ2) is 12.5. The third-order valence-electron chi connectivity index (χ3n) is 4.98. The zero-order valence-corrected chi connectivity index (χ0v) is 19.5. The van der Waals surface area contributed by atoms with E-state index < -0.39 is 23.6 Å². The highest BCUT2D eigenvalue weighted by Crippen LogP contribution is 2.20. The van der Waals surface area contributed by atoms with Crippen molar-refractivity contribution in [2.24, 2.45) is 5.10 Å². The summed E-state index contributed by atoms with van der Waals surface area (Å²) in [5.74, 6) is 0.163. The highest BCUT2D eigenvalue weighted by Gasteiger charge is 2.29. The van der Waals surface area contributed by atoms with Gasteiger partial charge >= 0.3 is 12.0 Å². The van der Waals surface area contributed by atoms with Crippen LogP contribution in [0.2, 0.25) is 0 Å². The predicted molar refractivity (Wildman–Crippen MR) is 131 cm³/mol. The van der Waals surface area contributed by atoms with E-state index in [1.165, 1.54) is 5.56 Å². The van der Waals surface area contributed by atoms with E-state index in [1.54, 1.807) is 23.9 Å². The minimum absolute atomic E-state index is 0.212. The van der Waals surface area contributed by atoms with Gasteiger partial charge in [-0.15, -0.1) is 0 Å². The number of nitrogens with zero attached hydrogens (tertiary/aromatic N) is 1. The summed E-state index contributed by atoms with van der Waals surface area (Å²) in [6.45, 7) is 2.47. The van der Waals surface area contributed by atoms with Crippen molar-refractivity contribution >= 4 is 47.0 Å². The second-order valence-electron chi connectivity index (χ2n) is 7.61. The lowest BCUT2D eigenvalue weighted by atomic mass is 10.0. The fraction of sp³-hybridized carbons (Fsp3) is 0.292. The molecule has 1 saturated heterocycles. The Kier molecular flexibility index (Phi) is 9.21. The summed E-state index contributed by atoms with van der Waals surface area (Å²) in [4.78, 5) is 46.3. The minimum Gasteiger partial charge on any atom is -0.465 e. The van der Waals surface area contributed by atoms with Gasteiger partial charge in [-0.05, 0) is 34.9 Å². The molecule has 34 heavy (non-hydrogen) atoms. The number of hydrogen-bond acceptors (Lipinski definition) is 8. The number of urea groups is 1. The molecule has 0 spiro atoms. The highest BCUT2D eigenvalue weighted by atomic mass is 32.2. The first-order valence-corrected chi connectivity index (χ1v) is 12.0. The van der Waals surface area contributed by atoms with Crippen LogP contribution in [-0.2, 0) is 25.5 Å². The maximum absolute atomic E-state index is 12.0. The summed E-state index contributed by atoms with van der Waals surface area (Å²) >= 11 is 1.75. The van der Waals surface area contributed by atoms with Gasteiger partial charge in [-0.2, -0.15) is 16.9 Å². The lowest BCUT2D eigenvalue weighted by molar-refractivity contribution is -0.143. The summed E-state index contributed by atoms with van der Waals surface area (Å²) in [6.07, 6.45) is 0.938. The van der Waals surface area contributed by atoms with Crippen molar-refractivity contribution in [1.29, 1.82) is 0 Å². The molecule has 0 bridgehead atoms. The predicted octanol–water partition coefficient (Wildman–Crippen LogP) is 2.83. The average molecular weight is 483 g/mol. The fourth-order valence-corrected chi connectivity index (χ4v) is 4.10. The van der Waals surface area contributed by atoms with E-state index in [1.807, 2.05) is 41.0 Å². The molecule has 3 N–H and O–H groups in total. The SMILES string of the molecule is CC(CSCCC(=O)OCCc1ccc(NN=C2C(=O)NC(=O)NC2=O)cc1)c1ccccc1. The van der Waals surface area contributed by atoms with Crippen LogP contribution < -0.4 is 16.1 Å². The number of carbonyl (C=O) groups is 4. The van der Waals surface area contributed by atoms with E-state index in [0.29, 0.717) is 24.4 Å². The van der Waals surface area contributed by atoms with Crippen LogP contribution >= 0.6 is 11.8 Å². The van der Waals surface area contributed by atoms with Crippen molar-refractivity contribution in [2.45, 2.75) is 25.7 Å². The van der Waals surface area contributed by atoms with Crippen LogP contribution in [0.25, 0.3) is 0 Å². The smallest absolute Gasteiger partial charge is 0.328 e. The van der Waals surface area contributed by atoms with E-state index in [0.717, 1.165) is 17.1 Å². The molecule has 0 saturated carbocycles. The molecule has 1 atom stereocenters. The summed E-state index contributed by atoms with van der Waals surface area (Å²) < 4.78 is 5.32. The molecule has 1 aliphatic heterocycles. The Balaban J connectivity index is 1.32. The Bertz CT molecular complexity index is 1030. The number of barbiturate groups is 1. The Hall–Kier alpha value is -3.66. The van der Waals surface area contributed by atoms with Crippen LogP contribution in [0.4, 0.5) is 10.5 Å². The van der Waals surface area contributed by atoms with Crippen molar-refractivity contribution in [3.05, 3.63) is 65.7 Å². The molecular weight excluding hydrogens is 456 g/mol. The molecule has 10 heteroatoms. The molecule has 0 radical (unpaired) electrons. The van der Waals surface area contributed by atoms with Crippen LogP contribution in [0.15, 0.2) is 59.7 Å². The van der Waals surface area contributed by atoms with Gasteiger partial charge < -0.3 is 4.74 Å². The van der Waals surface area contributed by atoms with E-state index in [-0.39, 0.29) is 12.6 Å². The summed E-state index contributed by atoms with van der Waals surface area (Å²) in [6, 6.07) is 16.5. The Morgan fingerprint density at radius 2 is 1.71 bits per heavy atom. The largest absolute Gasteiger partial charge is 0.465 e. The van der Waals surface area contributed by atoms with Gasteiger partial charge in [-0.1, -0.05) is 49.4 Å². The lowest BCUT2D eigenvalue weighted by Gasteiger charge is -2.13. The number of benzene rings is 2. The number of rotatable bonds is 11. The number of nitrogens with one attached hydrogen (secondary N) is 3. The lowest BCUT2D eigenvalue weighted by Crippen LogP contribution is -2.56. The first-order chi connectivity index (χ1) is 16.4. The first-order valence-electron chi connectivity index (χ1n) is 10.8. The van der Waals surface area contributed by atoms with Gasteiger partial charge in [0.25, 0.3) is 11.8 Å². The van der Waals surface area contributed by atoms with Crippen LogP contribution in [0.1, 0.15) is 30.4 Å². The number of imide groups is 2. The maximum atomic E-state index is 12.0. The standard InChI is InChI=1S/C24H26N4O5S/c1-16(18-5-3-2-4-6-18)15-34-14-12-20(29)33-13-11-17-7-9-19(10-8-17)27-28-21-22(30)25-24(32)26-23(21)31/h2-10,16,27H,11-15H2,1H3,(H2,25,26,30,31,32). The Labute approximate surface area is 201 Å². The molecule has 2 aromatic rings. The zero-order chi connectivity index (χ0) is 24.3. The number of anilines is 1. The number of ether oxygens (including phenoxy) is 1. The molecule has 9 nitrogen and oxygen atoms in total. The number of thioether (sulfide) groups is 1.